The Morgan fingerprint density at radius 3 is 2.83 bits per heavy atom. The largest absolute Gasteiger partial charge is 0.376 e. The summed E-state index contributed by atoms with van der Waals surface area (Å²) in [5.41, 5.74) is 1.14. The number of halogens is 3. The summed E-state index contributed by atoms with van der Waals surface area (Å²) < 4.78 is 33.5. The molecule has 7 heteroatoms. The highest BCUT2D eigenvalue weighted by Gasteiger charge is 2.29. The summed E-state index contributed by atoms with van der Waals surface area (Å²) in [5, 5.41) is 3.23. The Balaban J connectivity index is 1.67. The van der Waals surface area contributed by atoms with E-state index in [0.29, 0.717) is 36.7 Å². The summed E-state index contributed by atoms with van der Waals surface area (Å²) in [6.45, 7) is 3.98. The molecule has 0 bridgehead atoms. The Hall–Kier alpha value is -2.02. The average molecular weight is 423 g/mol. The molecule has 2 aromatic carbocycles. The van der Waals surface area contributed by atoms with Gasteiger partial charge in [-0.15, -0.1) is 0 Å². The molecule has 2 aromatic rings. The second-order valence-corrected chi connectivity index (χ2v) is 7.67. The van der Waals surface area contributed by atoms with Crippen LogP contribution in [0, 0.1) is 11.6 Å². The van der Waals surface area contributed by atoms with Gasteiger partial charge in [-0.1, -0.05) is 29.8 Å². The molecule has 1 heterocycles. The number of ether oxygens (including phenoxy) is 1. The molecule has 29 heavy (non-hydrogen) atoms. The Bertz CT molecular complexity index is 829. The lowest BCUT2D eigenvalue weighted by Gasteiger charge is -2.38. The highest BCUT2D eigenvalue weighted by Crippen LogP contribution is 2.31. The minimum absolute atomic E-state index is 0.0143. The molecule has 1 aliphatic rings. The van der Waals surface area contributed by atoms with Crippen LogP contribution in [0.4, 0.5) is 8.78 Å². The van der Waals surface area contributed by atoms with E-state index < -0.39 is 11.9 Å². The zero-order valence-electron chi connectivity index (χ0n) is 16.3. The maximum Gasteiger partial charge on any atom is 0.220 e. The van der Waals surface area contributed by atoms with Gasteiger partial charge in [-0.25, -0.2) is 8.78 Å². The lowest BCUT2D eigenvalue weighted by molar-refractivity contribution is -0.121. The third-order valence-electron chi connectivity index (χ3n) is 5.07. The predicted molar refractivity (Wildman–Crippen MR) is 109 cm³/mol. The molecule has 0 saturated carbocycles. The van der Waals surface area contributed by atoms with Crippen molar-refractivity contribution in [3.63, 3.8) is 0 Å². The van der Waals surface area contributed by atoms with Gasteiger partial charge in [0.05, 0.1) is 18.8 Å². The summed E-state index contributed by atoms with van der Waals surface area (Å²) in [6.07, 6.45) is 0.671. The van der Waals surface area contributed by atoms with E-state index >= 15 is 0 Å². The van der Waals surface area contributed by atoms with Gasteiger partial charge in [0.1, 0.15) is 11.6 Å². The number of nitrogens with one attached hydrogen (secondary N) is 1. The fourth-order valence-corrected chi connectivity index (χ4v) is 3.91. The molecule has 1 N–H and O–H groups in total. The maximum atomic E-state index is 14.6. The van der Waals surface area contributed by atoms with Crippen LogP contribution < -0.4 is 5.32 Å². The van der Waals surface area contributed by atoms with Crippen molar-refractivity contribution in [1.82, 2.24) is 10.2 Å². The summed E-state index contributed by atoms with van der Waals surface area (Å²) in [7, 11) is 0. The van der Waals surface area contributed by atoms with Crippen molar-refractivity contribution in [2.45, 2.75) is 31.9 Å². The summed E-state index contributed by atoms with van der Waals surface area (Å²) in [4.78, 5) is 14.5. The van der Waals surface area contributed by atoms with E-state index in [0.717, 1.165) is 5.56 Å². The molecule has 156 valence electrons. The molecular formula is C22H25ClF2N2O2. The number of aryl methyl sites for hydroxylation is 1. The quantitative estimate of drug-likeness (QED) is 0.729. The molecule has 1 aliphatic heterocycles. The number of rotatable bonds is 7. The van der Waals surface area contributed by atoms with E-state index in [4.69, 9.17) is 16.3 Å². The van der Waals surface area contributed by atoms with Crippen LogP contribution in [0.5, 0.6) is 0 Å². The number of carbonyl (C=O) groups is 1. The Morgan fingerprint density at radius 1 is 1.31 bits per heavy atom. The molecule has 1 amide bonds. The first-order valence-corrected chi connectivity index (χ1v) is 10.1. The van der Waals surface area contributed by atoms with Gasteiger partial charge in [0, 0.05) is 36.6 Å². The van der Waals surface area contributed by atoms with E-state index in [9.17, 15) is 13.6 Å². The third kappa shape index (κ3) is 5.98. The molecule has 0 aliphatic carbocycles. The van der Waals surface area contributed by atoms with Gasteiger partial charge in [0.2, 0.25) is 5.91 Å². The first kappa shape index (κ1) is 21.7. The normalized spacial score (nSPS) is 18.4. The number of morpholine rings is 1. The molecular weight excluding hydrogens is 398 g/mol. The third-order valence-corrected chi connectivity index (χ3v) is 5.40. The van der Waals surface area contributed by atoms with Crippen molar-refractivity contribution in [1.29, 1.82) is 0 Å². The molecule has 0 radical (unpaired) electrons. The molecule has 1 fully saturated rings. The van der Waals surface area contributed by atoms with E-state index in [1.165, 1.54) is 18.2 Å². The van der Waals surface area contributed by atoms with Gasteiger partial charge in [-0.2, -0.15) is 0 Å². The summed E-state index contributed by atoms with van der Waals surface area (Å²) in [6, 6.07) is 10.4. The van der Waals surface area contributed by atoms with Crippen LogP contribution in [0.1, 0.15) is 30.5 Å². The fraction of sp³-hybridized carbons (Fsp3) is 0.409. The van der Waals surface area contributed by atoms with Gasteiger partial charge in [0.15, 0.2) is 0 Å². The topological polar surface area (TPSA) is 41.6 Å². The highest BCUT2D eigenvalue weighted by atomic mass is 35.5. The minimum atomic E-state index is -0.395. The van der Waals surface area contributed by atoms with Gasteiger partial charge >= 0.3 is 0 Å². The molecule has 0 aromatic heterocycles. The monoisotopic (exact) mass is 422 g/mol. The van der Waals surface area contributed by atoms with Gasteiger partial charge < -0.3 is 10.1 Å². The van der Waals surface area contributed by atoms with E-state index in [1.54, 1.807) is 24.3 Å². The van der Waals surface area contributed by atoms with Crippen LogP contribution in [0.2, 0.25) is 5.02 Å². The highest BCUT2D eigenvalue weighted by molar-refractivity contribution is 6.31. The van der Waals surface area contributed by atoms with E-state index in [1.807, 2.05) is 6.92 Å². The number of amides is 1. The SMILES string of the molecule is CC1CN(C(CNC(=O)CCc2cccc(F)c2)c2c(F)cccc2Cl)CCO1. The number of carbonyl (C=O) groups excluding carboxylic acids is 1. The van der Waals surface area contributed by atoms with Crippen molar-refractivity contribution >= 4 is 17.5 Å². The fourth-order valence-electron chi connectivity index (χ4n) is 3.62. The Morgan fingerprint density at radius 2 is 2.10 bits per heavy atom. The average Bonchev–Trinajstić information content (AvgIpc) is 2.68. The van der Waals surface area contributed by atoms with Crippen molar-refractivity contribution < 1.29 is 18.3 Å². The number of benzene rings is 2. The maximum absolute atomic E-state index is 14.6. The predicted octanol–water partition coefficient (Wildman–Crippen LogP) is 4.13. The molecule has 2 atom stereocenters. The van der Waals surface area contributed by atoms with Crippen LogP contribution in [-0.2, 0) is 16.0 Å². The van der Waals surface area contributed by atoms with Crippen LogP contribution in [-0.4, -0.2) is 43.2 Å². The van der Waals surface area contributed by atoms with Crippen molar-refractivity contribution in [2.24, 2.45) is 0 Å². The van der Waals surface area contributed by atoms with E-state index in [2.05, 4.69) is 10.2 Å². The van der Waals surface area contributed by atoms with Crippen molar-refractivity contribution in [3.05, 3.63) is 70.2 Å². The molecule has 4 nitrogen and oxygen atoms in total. The Kier molecular flexibility index (Phi) is 7.58. The molecule has 2 unspecified atom stereocenters. The van der Waals surface area contributed by atoms with Crippen molar-refractivity contribution in [2.75, 3.05) is 26.2 Å². The van der Waals surface area contributed by atoms with Crippen LogP contribution in [0.15, 0.2) is 42.5 Å². The second kappa shape index (κ2) is 10.1. The van der Waals surface area contributed by atoms with Crippen molar-refractivity contribution in [3.8, 4) is 0 Å². The van der Waals surface area contributed by atoms with Gasteiger partial charge in [-0.05, 0) is 43.2 Å². The standard InChI is InChI=1S/C22H25ClF2N2O2/c1-15-14-27(10-11-29-15)20(22-18(23)6-3-7-19(22)25)13-26-21(28)9-8-16-4-2-5-17(24)12-16/h2-7,12,15,20H,8-11,13-14H2,1H3,(H,26,28). The number of nitrogens with zero attached hydrogens (tertiary/aromatic N) is 1. The smallest absolute Gasteiger partial charge is 0.220 e. The van der Waals surface area contributed by atoms with Crippen LogP contribution in [0.3, 0.4) is 0 Å². The molecule has 3 rings (SSSR count). The van der Waals surface area contributed by atoms with Crippen LogP contribution >= 0.6 is 11.6 Å². The van der Waals surface area contributed by atoms with Gasteiger partial charge in [-0.3, -0.25) is 9.69 Å². The zero-order chi connectivity index (χ0) is 20.8. The van der Waals surface area contributed by atoms with E-state index in [-0.39, 0.29) is 30.8 Å². The van der Waals surface area contributed by atoms with Crippen LogP contribution in [0.25, 0.3) is 0 Å². The summed E-state index contributed by atoms with van der Waals surface area (Å²) >= 11 is 6.31. The molecule has 0 spiro atoms. The second-order valence-electron chi connectivity index (χ2n) is 7.26. The summed E-state index contributed by atoms with van der Waals surface area (Å²) in [5.74, 6) is -0.887. The van der Waals surface area contributed by atoms with Gasteiger partial charge in [0.25, 0.3) is 0 Å². The minimum Gasteiger partial charge on any atom is -0.376 e. The number of hydrogen-bond acceptors (Lipinski definition) is 3. The zero-order valence-corrected chi connectivity index (χ0v) is 17.1. The first-order chi connectivity index (χ1) is 13.9. The first-order valence-electron chi connectivity index (χ1n) is 9.74. The Labute approximate surface area is 174 Å². The molecule has 1 saturated heterocycles. The lowest BCUT2D eigenvalue weighted by Crippen LogP contribution is -2.47. The number of hydrogen-bond donors (Lipinski definition) is 1. The lowest BCUT2D eigenvalue weighted by atomic mass is 10.0.